The van der Waals surface area contributed by atoms with E-state index in [1.165, 1.54) is 20.8 Å². The third-order valence-corrected chi connectivity index (χ3v) is 4.50. The molecule has 1 aromatic carbocycles. The Balaban J connectivity index is 2.40. The van der Waals surface area contributed by atoms with Crippen LogP contribution in [0.25, 0.3) is 0 Å². The molecule has 0 aliphatic carbocycles. The number of esters is 3. The summed E-state index contributed by atoms with van der Waals surface area (Å²) in [5.41, 5.74) is 0.531. The van der Waals surface area contributed by atoms with E-state index in [4.69, 9.17) is 23.7 Å². The summed E-state index contributed by atoms with van der Waals surface area (Å²) in [6.45, 7) is 5.78. The highest BCUT2D eigenvalue weighted by molar-refractivity contribution is 5.88. The highest BCUT2D eigenvalue weighted by atomic mass is 16.7. The molecule has 1 heterocycles. The predicted octanol–water partition coefficient (Wildman–Crippen LogP) is 0.680. The minimum Gasteiger partial charge on any atom is -0.463 e. The maximum Gasteiger partial charge on any atom is 0.303 e. The van der Waals surface area contributed by atoms with Crippen molar-refractivity contribution in [3.05, 3.63) is 24.3 Å². The number of ether oxygens (including phenoxy) is 5. The Morgan fingerprint density at radius 3 is 1.91 bits per heavy atom. The van der Waals surface area contributed by atoms with Crippen molar-refractivity contribution in [2.75, 3.05) is 11.9 Å². The number of nitrogens with one attached hydrogen (secondary N) is 2. The lowest BCUT2D eigenvalue weighted by Crippen LogP contribution is -2.67. The van der Waals surface area contributed by atoms with Crippen molar-refractivity contribution in [1.29, 1.82) is 0 Å². The summed E-state index contributed by atoms with van der Waals surface area (Å²) in [4.78, 5) is 58.2. The molecule has 2 amide bonds. The molecule has 0 bridgehead atoms. The van der Waals surface area contributed by atoms with E-state index in [0.717, 1.165) is 13.8 Å². The molecule has 1 aliphatic heterocycles. The Hall–Kier alpha value is -3.67. The van der Waals surface area contributed by atoms with Crippen molar-refractivity contribution in [1.82, 2.24) is 5.32 Å². The maximum atomic E-state index is 11.9. The van der Waals surface area contributed by atoms with Crippen molar-refractivity contribution in [3.8, 4) is 5.75 Å². The number of hydrogen-bond acceptors (Lipinski definition) is 10. The number of carbonyl (C=O) groups is 5. The second-order valence-electron chi connectivity index (χ2n) is 7.54. The van der Waals surface area contributed by atoms with E-state index >= 15 is 0 Å². The first-order valence-electron chi connectivity index (χ1n) is 10.4. The Bertz CT molecular complexity index is 917. The molecule has 1 aliphatic rings. The Kier molecular flexibility index (Phi) is 9.36. The van der Waals surface area contributed by atoms with Crippen LogP contribution in [0.5, 0.6) is 5.75 Å². The molecule has 0 spiro atoms. The van der Waals surface area contributed by atoms with E-state index in [2.05, 4.69) is 10.6 Å². The first-order valence-corrected chi connectivity index (χ1v) is 10.4. The summed E-state index contributed by atoms with van der Waals surface area (Å²) in [5.74, 6) is -2.45. The van der Waals surface area contributed by atoms with Gasteiger partial charge >= 0.3 is 17.9 Å². The predicted molar refractivity (Wildman–Crippen MR) is 115 cm³/mol. The number of benzene rings is 1. The van der Waals surface area contributed by atoms with Crippen LogP contribution in [0, 0.1) is 0 Å². The lowest BCUT2D eigenvalue weighted by atomic mass is 9.96. The number of anilines is 1. The lowest BCUT2D eigenvalue weighted by molar-refractivity contribution is -0.257. The third-order valence-electron chi connectivity index (χ3n) is 4.50. The van der Waals surface area contributed by atoms with Crippen LogP contribution in [-0.4, -0.2) is 67.0 Å². The minimum absolute atomic E-state index is 0.246. The SMILES string of the molecule is CC(=O)Nc1ccc(O[C@@H]2O[C@H](COC(C)=O)[C@H](OC(C)=O)[C@@H](OC(C)=O)[C@@H]2NC(C)=O)cc1. The van der Waals surface area contributed by atoms with Crippen molar-refractivity contribution < 1.29 is 47.7 Å². The molecule has 1 aromatic rings. The van der Waals surface area contributed by atoms with Gasteiger partial charge in [0.05, 0.1) is 0 Å². The zero-order chi connectivity index (χ0) is 25.4. The monoisotopic (exact) mass is 480 g/mol. The highest BCUT2D eigenvalue weighted by Gasteiger charge is 2.51. The van der Waals surface area contributed by atoms with Gasteiger partial charge in [-0.3, -0.25) is 24.0 Å². The second-order valence-corrected chi connectivity index (χ2v) is 7.54. The summed E-state index contributed by atoms with van der Waals surface area (Å²) in [5, 5.41) is 5.23. The smallest absolute Gasteiger partial charge is 0.303 e. The Labute approximate surface area is 196 Å². The van der Waals surface area contributed by atoms with Crippen LogP contribution in [0.15, 0.2) is 24.3 Å². The summed E-state index contributed by atoms with van der Waals surface area (Å²) in [6.07, 6.45) is -4.74. The molecule has 0 unspecified atom stereocenters. The van der Waals surface area contributed by atoms with Crippen LogP contribution in [0.3, 0.4) is 0 Å². The van der Waals surface area contributed by atoms with Crippen LogP contribution in [0.4, 0.5) is 5.69 Å². The van der Waals surface area contributed by atoms with Gasteiger partial charge in [-0.25, -0.2) is 0 Å². The molecule has 1 saturated heterocycles. The van der Waals surface area contributed by atoms with Gasteiger partial charge in [0, 0.05) is 40.3 Å². The van der Waals surface area contributed by atoms with Crippen molar-refractivity contribution in [2.24, 2.45) is 0 Å². The summed E-state index contributed by atoms with van der Waals surface area (Å²) in [7, 11) is 0. The molecule has 2 rings (SSSR count). The molecular formula is C22H28N2O10. The molecule has 12 heteroatoms. The molecule has 2 N–H and O–H groups in total. The van der Waals surface area contributed by atoms with E-state index in [9.17, 15) is 24.0 Å². The van der Waals surface area contributed by atoms with E-state index in [-0.39, 0.29) is 12.5 Å². The molecule has 12 nitrogen and oxygen atoms in total. The van der Waals surface area contributed by atoms with Gasteiger partial charge in [0.25, 0.3) is 0 Å². The van der Waals surface area contributed by atoms with Crippen LogP contribution >= 0.6 is 0 Å². The van der Waals surface area contributed by atoms with E-state index in [1.807, 2.05) is 0 Å². The van der Waals surface area contributed by atoms with Gasteiger partial charge in [-0.2, -0.15) is 0 Å². The van der Waals surface area contributed by atoms with Gasteiger partial charge in [0.15, 0.2) is 12.2 Å². The van der Waals surface area contributed by atoms with E-state index in [1.54, 1.807) is 24.3 Å². The largest absolute Gasteiger partial charge is 0.463 e. The molecular weight excluding hydrogens is 452 g/mol. The van der Waals surface area contributed by atoms with E-state index < -0.39 is 54.5 Å². The van der Waals surface area contributed by atoms with Crippen LogP contribution < -0.4 is 15.4 Å². The number of amides is 2. The second kappa shape index (κ2) is 12.0. The molecule has 186 valence electrons. The quantitative estimate of drug-likeness (QED) is 0.401. The first kappa shape index (κ1) is 26.6. The third kappa shape index (κ3) is 8.03. The zero-order valence-corrected chi connectivity index (χ0v) is 19.5. The number of hydrogen-bond donors (Lipinski definition) is 2. The van der Waals surface area contributed by atoms with Crippen LogP contribution in [0.1, 0.15) is 34.6 Å². The minimum atomic E-state index is -1.23. The standard InChI is InChI=1S/C22H28N2O10/c1-11(25)23-16-6-8-17(9-7-16)33-22-19(24-12(2)26)21(32-15(5)29)20(31-14(4)28)18(34-22)10-30-13(3)27/h6-9,18-22H,10H2,1-5H3,(H,23,25)(H,24,26)/t18-,19+,20+,21+,22-/m1/s1. The number of carbonyl (C=O) groups excluding carboxylic acids is 5. The Morgan fingerprint density at radius 2 is 1.41 bits per heavy atom. The maximum absolute atomic E-state index is 11.9. The van der Waals surface area contributed by atoms with Gasteiger partial charge in [0.2, 0.25) is 18.1 Å². The van der Waals surface area contributed by atoms with E-state index in [0.29, 0.717) is 11.4 Å². The normalized spacial score (nSPS) is 23.7. The molecule has 5 atom stereocenters. The van der Waals surface area contributed by atoms with Crippen LogP contribution in [-0.2, 0) is 42.9 Å². The average molecular weight is 480 g/mol. The van der Waals surface area contributed by atoms with Crippen LogP contribution in [0.2, 0.25) is 0 Å². The molecule has 34 heavy (non-hydrogen) atoms. The summed E-state index contributed by atoms with van der Waals surface area (Å²) < 4.78 is 27.6. The summed E-state index contributed by atoms with van der Waals surface area (Å²) in [6, 6.07) is 5.21. The molecule has 1 fully saturated rings. The fraction of sp³-hybridized carbons (Fsp3) is 0.500. The number of rotatable bonds is 8. The van der Waals surface area contributed by atoms with Crippen molar-refractivity contribution in [3.63, 3.8) is 0 Å². The first-order chi connectivity index (χ1) is 16.0. The van der Waals surface area contributed by atoms with Crippen molar-refractivity contribution in [2.45, 2.75) is 65.3 Å². The fourth-order valence-corrected chi connectivity index (χ4v) is 3.35. The van der Waals surface area contributed by atoms with Gasteiger partial charge in [-0.1, -0.05) is 0 Å². The highest BCUT2D eigenvalue weighted by Crippen LogP contribution is 2.29. The van der Waals surface area contributed by atoms with Gasteiger partial charge < -0.3 is 34.3 Å². The van der Waals surface area contributed by atoms with Gasteiger partial charge in [0.1, 0.15) is 24.5 Å². The topological polar surface area (TPSA) is 156 Å². The van der Waals surface area contributed by atoms with Gasteiger partial charge in [-0.15, -0.1) is 0 Å². The molecule has 0 saturated carbocycles. The summed E-state index contributed by atoms with van der Waals surface area (Å²) >= 11 is 0. The zero-order valence-electron chi connectivity index (χ0n) is 19.5. The van der Waals surface area contributed by atoms with Crippen molar-refractivity contribution >= 4 is 35.4 Å². The fourth-order valence-electron chi connectivity index (χ4n) is 3.35. The molecule has 0 radical (unpaired) electrons. The van der Waals surface area contributed by atoms with Gasteiger partial charge in [-0.05, 0) is 24.3 Å². The Morgan fingerprint density at radius 1 is 0.824 bits per heavy atom. The average Bonchev–Trinajstić information content (AvgIpc) is 2.71. The molecule has 0 aromatic heterocycles. The lowest BCUT2D eigenvalue weighted by Gasteiger charge is -2.44.